The van der Waals surface area contributed by atoms with E-state index in [1.54, 1.807) is 19.4 Å². The predicted octanol–water partition coefficient (Wildman–Crippen LogP) is 2.12. The highest BCUT2D eigenvalue weighted by Crippen LogP contribution is 2.24. The fourth-order valence-electron chi connectivity index (χ4n) is 2.27. The maximum atomic E-state index is 11.8. The Balaban J connectivity index is 0.000000370. The van der Waals surface area contributed by atoms with Crippen molar-refractivity contribution >= 4 is 23.1 Å². The van der Waals surface area contributed by atoms with Crippen molar-refractivity contribution in [2.45, 2.75) is 12.7 Å². The molecule has 1 aromatic carbocycles. The second-order valence-electron chi connectivity index (χ2n) is 5.53. The molecule has 0 bridgehead atoms. The summed E-state index contributed by atoms with van der Waals surface area (Å²) in [5.74, 6) is -3.10. The van der Waals surface area contributed by atoms with Crippen LogP contribution in [0.25, 0.3) is 22.3 Å². The second kappa shape index (κ2) is 8.46. The number of hydrogen-bond acceptors (Lipinski definition) is 5. The minimum absolute atomic E-state index is 0.364. The van der Waals surface area contributed by atoms with Gasteiger partial charge in [0.15, 0.2) is 5.65 Å². The van der Waals surface area contributed by atoms with Crippen LogP contribution in [0, 0.1) is 0 Å². The number of alkyl halides is 3. The second-order valence-corrected chi connectivity index (χ2v) is 5.53. The van der Waals surface area contributed by atoms with Crippen LogP contribution in [0.5, 0.6) is 5.75 Å². The molecule has 154 valence electrons. The SMILES string of the molecule is COc1ccc(-c2cnc3[nH]c(=O)n(CC(=O)O)c3c2)cc1.O=C(O)C(F)(F)F. The van der Waals surface area contributed by atoms with Crippen molar-refractivity contribution in [1.29, 1.82) is 0 Å². The summed E-state index contributed by atoms with van der Waals surface area (Å²) in [5, 5.41) is 16.0. The van der Waals surface area contributed by atoms with E-state index in [1.807, 2.05) is 24.3 Å². The number of methoxy groups -OCH3 is 1. The van der Waals surface area contributed by atoms with Crippen molar-refractivity contribution in [2.24, 2.45) is 0 Å². The fourth-order valence-corrected chi connectivity index (χ4v) is 2.27. The molecular formula is C17H14F3N3O6. The molecule has 2 aromatic heterocycles. The summed E-state index contributed by atoms with van der Waals surface area (Å²) >= 11 is 0. The molecule has 0 spiro atoms. The number of imidazole rings is 1. The van der Waals surface area contributed by atoms with Crippen molar-refractivity contribution in [3.63, 3.8) is 0 Å². The van der Waals surface area contributed by atoms with Crippen molar-refractivity contribution < 1.29 is 37.7 Å². The van der Waals surface area contributed by atoms with Crippen LogP contribution < -0.4 is 10.4 Å². The van der Waals surface area contributed by atoms with Crippen LogP contribution in [0.3, 0.4) is 0 Å². The number of benzene rings is 1. The molecule has 2 heterocycles. The zero-order valence-corrected chi connectivity index (χ0v) is 14.7. The van der Waals surface area contributed by atoms with Crippen LogP contribution >= 0.6 is 0 Å². The molecule has 3 aromatic rings. The van der Waals surface area contributed by atoms with Crippen molar-refractivity contribution in [3.8, 4) is 16.9 Å². The third-order valence-electron chi connectivity index (χ3n) is 3.59. The van der Waals surface area contributed by atoms with E-state index in [2.05, 4.69) is 9.97 Å². The summed E-state index contributed by atoms with van der Waals surface area (Å²) in [4.78, 5) is 38.3. The zero-order valence-electron chi connectivity index (χ0n) is 14.7. The lowest BCUT2D eigenvalue weighted by Gasteiger charge is -2.05. The molecule has 12 heteroatoms. The van der Waals surface area contributed by atoms with Gasteiger partial charge in [-0.05, 0) is 23.8 Å². The van der Waals surface area contributed by atoms with Gasteiger partial charge in [-0.1, -0.05) is 12.1 Å². The van der Waals surface area contributed by atoms with E-state index in [9.17, 15) is 22.8 Å². The summed E-state index contributed by atoms with van der Waals surface area (Å²) in [6.07, 6.45) is -3.45. The number of nitrogens with one attached hydrogen (secondary N) is 1. The summed E-state index contributed by atoms with van der Waals surface area (Å²) in [5.41, 5.74) is 2.01. The normalized spacial score (nSPS) is 10.9. The number of H-pyrrole nitrogens is 1. The van der Waals surface area contributed by atoms with E-state index in [1.165, 1.54) is 0 Å². The van der Waals surface area contributed by atoms with E-state index >= 15 is 0 Å². The number of nitrogens with zero attached hydrogens (tertiary/aromatic N) is 2. The fraction of sp³-hybridized carbons (Fsp3) is 0.176. The first-order valence-corrected chi connectivity index (χ1v) is 7.78. The number of aromatic amines is 1. The Morgan fingerprint density at radius 1 is 1.17 bits per heavy atom. The van der Waals surface area contributed by atoms with Gasteiger partial charge in [0.2, 0.25) is 0 Å². The number of rotatable bonds is 4. The Bertz CT molecular complexity index is 1090. The number of hydrogen-bond donors (Lipinski definition) is 3. The van der Waals surface area contributed by atoms with Crippen LogP contribution in [0.4, 0.5) is 13.2 Å². The molecule has 0 unspecified atom stereocenters. The molecule has 3 N–H and O–H groups in total. The highest BCUT2D eigenvalue weighted by atomic mass is 19.4. The molecule has 0 aliphatic carbocycles. The van der Waals surface area contributed by atoms with Crippen LogP contribution in [0.15, 0.2) is 41.3 Å². The smallest absolute Gasteiger partial charge is 0.490 e. The third-order valence-corrected chi connectivity index (χ3v) is 3.59. The predicted molar refractivity (Wildman–Crippen MR) is 93.7 cm³/mol. The van der Waals surface area contributed by atoms with Gasteiger partial charge in [0.25, 0.3) is 0 Å². The van der Waals surface area contributed by atoms with Crippen molar-refractivity contribution in [2.75, 3.05) is 7.11 Å². The topological polar surface area (TPSA) is 135 Å². The van der Waals surface area contributed by atoms with Crippen LogP contribution in [-0.4, -0.2) is 50.0 Å². The van der Waals surface area contributed by atoms with Gasteiger partial charge in [-0.2, -0.15) is 13.2 Å². The molecule has 0 saturated heterocycles. The van der Waals surface area contributed by atoms with Gasteiger partial charge in [0.1, 0.15) is 12.3 Å². The highest BCUT2D eigenvalue weighted by Gasteiger charge is 2.38. The first-order chi connectivity index (χ1) is 13.5. The molecule has 0 radical (unpaired) electrons. The van der Waals surface area contributed by atoms with E-state index < -0.39 is 30.3 Å². The monoisotopic (exact) mass is 413 g/mol. The number of ether oxygens (including phenoxy) is 1. The Kier molecular flexibility index (Phi) is 6.26. The number of pyridine rings is 1. The lowest BCUT2D eigenvalue weighted by atomic mass is 10.1. The molecule has 0 aliphatic rings. The number of carboxylic acids is 2. The molecule has 3 rings (SSSR count). The molecule has 0 atom stereocenters. The molecule has 0 fully saturated rings. The first kappa shape index (κ1) is 21.5. The highest BCUT2D eigenvalue weighted by molar-refractivity contribution is 5.80. The average molecular weight is 413 g/mol. The Hall–Kier alpha value is -3.83. The zero-order chi connectivity index (χ0) is 21.8. The van der Waals surface area contributed by atoms with Crippen LogP contribution in [0.2, 0.25) is 0 Å². The molecule has 9 nitrogen and oxygen atoms in total. The molecule has 0 saturated carbocycles. The number of fused-ring (bicyclic) bond motifs is 1. The van der Waals surface area contributed by atoms with Gasteiger partial charge in [0, 0.05) is 11.8 Å². The molecule has 0 aliphatic heterocycles. The lowest BCUT2D eigenvalue weighted by Crippen LogP contribution is -2.21. The van der Waals surface area contributed by atoms with Gasteiger partial charge in [0.05, 0.1) is 12.6 Å². The maximum absolute atomic E-state index is 11.8. The maximum Gasteiger partial charge on any atom is 0.490 e. The van der Waals surface area contributed by atoms with E-state index in [-0.39, 0.29) is 0 Å². The quantitative estimate of drug-likeness (QED) is 0.596. The third kappa shape index (κ3) is 5.34. The minimum Gasteiger partial charge on any atom is -0.497 e. The minimum atomic E-state index is -5.08. The van der Waals surface area contributed by atoms with Crippen molar-refractivity contribution in [3.05, 3.63) is 47.0 Å². The average Bonchev–Trinajstić information content (AvgIpc) is 2.96. The van der Waals surface area contributed by atoms with Gasteiger partial charge in [-0.15, -0.1) is 0 Å². The molecule has 29 heavy (non-hydrogen) atoms. The number of halogens is 3. The van der Waals surface area contributed by atoms with Gasteiger partial charge >= 0.3 is 23.8 Å². The number of carboxylic acid groups (broad SMARTS) is 2. The Morgan fingerprint density at radius 2 is 1.76 bits per heavy atom. The number of carbonyl (C=O) groups is 2. The number of aliphatic carboxylic acids is 2. The van der Waals surface area contributed by atoms with Crippen LogP contribution in [0.1, 0.15) is 0 Å². The summed E-state index contributed by atoms with van der Waals surface area (Å²) in [6.45, 7) is -0.410. The number of aromatic nitrogens is 3. The largest absolute Gasteiger partial charge is 0.497 e. The van der Waals surface area contributed by atoms with Gasteiger partial charge in [-0.25, -0.2) is 14.6 Å². The summed E-state index contributed by atoms with van der Waals surface area (Å²) in [6, 6.07) is 9.12. The Morgan fingerprint density at radius 3 is 2.24 bits per heavy atom. The Labute approximate surface area is 160 Å². The van der Waals surface area contributed by atoms with E-state index in [0.717, 1.165) is 21.4 Å². The summed E-state index contributed by atoms with van der Waals surface area (Å²) < 4.78 is 38.0. The first-order valence-electron chi connectivity index (χ1n) is 7.78. The van der Waals surface area contributed by atoms with Crippen LogP contribution in [-0.2, 0) is 16.1 Å². The van der Waals surface area contributed by atoms with E-state index in [4.69, 9.17) is 19.7 Å². The molecule has 0 amide bonds. The molecular weight excluding hydrogens is 399 g/mol. The standard InChI is InChI=1S/C15H13N3O4.C2HF3O2/c1-22-11-4-2-9(3-5-11)10-6-12-14(16-7-10)17-15(21)18(12)8-13(19)20;3-2(4,5)1(6)7/h2-7H,8H2,1H3,(H,19,20)(H,16,17,21);(H,6,7). The van der Waals surface area contributed by atoms with E-state index in [0.29, 0.717) is 11.2 Å². The van der Waals surface area contributed by atoms with Crippen molar-refractivity contribution in [1.82, 2.24) is 14.5 Å². The lowest BCUT2D eigenvalue weighted by molar-refractivity contribution is -0.192. The van der Waals surface area contributed by atoms with Gasteiger partial charge < -0.3 is 14.9 Å². The summed E-state index contributed by atoms with van der Waals surface area (Å²) in [7, 11) is 1.59. The van der Waals surface area contributed by atoms with Gasteiger partial charge in [-0.3, -0.25) is 14.3 Å².